The second-order valence-electron chi connectivity index (χ2n) is 5.40. The van der Waals surface area contributed by atoms with Crippen molar-refractivity contribution in [3.8, 4) is 22.8 Å². The minimum atomic E-state index is 0. The summed E-state index contributed by atoms with van der Waals surface area (Å²) in [5.74, 6) is 1.39. The molecule has 5 heteroatoms. The molecular weight excluding hydrogens is 336 g/mol. The molecule has 0 saturated heterocycles. The zero-order valence-corrected chi connectivity index (χ0v) is 14.8. The van der Waals surface area contributed by atoms with Gasteiger partial charge >= 0.3 is 0 Å². The fourth-order valence-electron chi connectivity index (χ4n) is 2.46. The first-order chi connectivity index (χ1) is 11.8. The van der Waals surface area contributed by atoms with E-state index >= 15 is 0 Å². The van der Waals surface area contributed by atoms with E-state index in [9.17, 15) is 0 Å². The molecule has 0 aliphatic rings. The third-order valence-corrected chi connectivity index (χ3v) is 3.78. The Balaban J connectivity index is 0.00000225. The predicted molar refractivity (Wildman–Crippen MR) is 102 cm³/mol. The van der Waals surface area contributed by atoms with E-state index in [1.807, 2.05) is 60.7 Å². The number of benzene rings is 2. The minimum Gasteiger partial charge on any atom is -0.496 e. The molecule has 2 aromatic carbocycles. The van der Waals surface area contributed by atoms with Crippen LogP contribution in [0.4, 0.5) is 0 Å². The maximum atomic E-state index is 5.73. The van der Waals surface area contributed by atoms with Crippen molar-refractivity contribution >= 4 is 12.4 Å². The van der Waals surface area contributed by atoms with Crippen molar-refractivity contribution in [1.82, 2.24) is 4.98 Å². The predicted octanol–water partition coefficient (Wildman–Crippen LogP) is 4.22. The SMILES string of the molecule is COc1ccc(CN)cc1-c1ccc(OCc2ccccc2)nc1.Cl. The molecule has 0 aliphatic heterocycles. The number of halogens is 1. The fourth-order valence-corrected chi connectivity index (χ4v) is 2.46. The Labute approximate surface area is 154 Å². The number of pyridine rings is 1. The van der Waals surface area contributed by atoms with Crippen LogP contribution in [0, 0.1) is 0 Å². The van der Waals surface area contributed by atoms with E-state index in [0.29, 0.717) is 19.0 Å². The van der Waals surface area contributed by atoms with E-state index < -0.39 is 0 Å². The van der Waals surface area contributed by atoms with Gasteiger partial charge in [-0.05, 0) is 29.3 Å². The smallest absolute Gasteiger partial charge is 0.213 e. The zero-order valence-electron chi connectivity index (χ0n) is 14.0. The second-order valence-corrected chi connectivity index (χ2v) is 5.40. The quantitative estimate of drug-likeness (QED) is 0.718. The highest BCUT2D eigenvalue weighted by molar-refractivity contribution is 5.85. The monoisotopic (exact) mass is 356 g/mol. The van der Waals surface area contributed by atoms with Crippen LogP contribution in [-0.4, -0.2) is 12.1 Å². The molecule has 25 heavy (non-hydrogen) atoms. The summed E-state index contributed by atoms with van der Waals surface area (Å²) in [4.78, 5) is 4.39. The van der Waals surface area contributed by atoms with Crippen LogP contribution in [0.1, 0.15) is 11.1 Å². The summed E-state index contributed by atoms with van der Waals surface area (Å²) in [5, 5.41) is 0. The number of ether oxygens (including phenoxy) is 2. The summed E-state index contributed by atoms with van der Waals surface area (Å²) in [6.45, 7) is 0.988. The lowest BCUT2D eigenvalue weighted by atomic mass is 10.0. The summed E-state index contributed by atoms with van der Waals surface area (Å²) in [6.07, 6.45) is 1.79. The average molecular weight is 357 g/mol. The van der Waals surface area contributed by atoms with Crippen molar-refractivity contribution in [3.05, 3.63) is 78.0 Å². The van der Waals surface area contributed by atoms with E-state index in [1.165, 1.54) is 0 Å². The summed E-state index contributed by atoms with van der Waals surface area (Å²) < 4.78 is 11.2. The highest BCUT2D eigenvalue weighted by Gasteiger charge is 2.08. The summed E-state index contributed by atoms with van der Waals surface area (Å²) in [7, 11) is 1.66. The van der Waals surface area contributed by atoms with Crippen molar-refractivity contribution in [2.24, 2.45) is 5.73 Å². The fraction of sp³-hybridized carbons (Fsp3) is 0.150. The molecule has 1 aromatic heterocycles. The van der Waals surface area contributed by atoms with Crippen molar-refractivity contribution in [1.29, 1.82) is 0 Å². The molecule has 4 nitrogen and oxygen atoms in total. The van der Waals surface area contributed by atoms with E-state index in [4.69, 9.17) is 15.2 Å². The standard InChI is InChI=1S/C20H20N2O2.ClH/c1-23-19-9-7-16(12-21)11-18(19)17-8-10-20(22-13-17)24-14-15-5-3-2-4-6-15;/h2-11,13H,12,14,21H2,1H3;1H. The Kier molecular flexibility index (Phi) is 6.81. The molecule has 0 atom stereocenters. The van der Waals surface area contributed by atoms with Gasteiger partial charge in [0.05, 0.1) is 7.11 Å². The first kappa shape index (κ1) is 18.8. The first-order valence-electron chi connectivity index (χ1n) is 7.80. The van der Waals surface area contributed by atoms with Crippen LogP contribution >= 0.6 is 12.4 Å². The molecule has 0 spiro atoms. The third-order valence-electron chi connectivity index (χ3n) is 3.78. The van der Waals surface area contributed by atoms with Gasteiger partial charge in [-0.2, -0.15) is 0 Å². The molecule has 3 aromatic rings. The van der Waals surface area contributed by atoms with E-state index in [2.05, 4.69) is 4.98 Å². The van der Waals surface area contributed by atoms with Gasteiger partial charge in [0.25, 0.3) is 0 Å². The molecule has 0 saturated carbocycles. The van der Waals surface area contributed by atoms with Gasteiger partial charge in [-0.25, -0.2) is 4.98 Å². The number of hydrogen-bond donors (Lipinski definition) is 1. The third kappa shape index (κ3) is 4.72. The Hall–Kier alpha value is -2.56. The van der Waals surface area contributed by atoms with Crippen LogP contribution in [0.5, 0.6) is 11.6 Å². The highest BCUT2D eigenvalue weighted by Crippen LogP contribution is 2.31. The average Bonchev–Trinajstić information content (AvgIpc) is 2.67. The number of nitrogens with zero attached hydrogens (tertiary/aromatic N) is 1. The van der Waals surface area contributed by atoms with Crippen molar-refractivity contribution < 1.29 is 9.47 Å². The van der Waals surface area contributed by atoms with Gasteiger partial charge in [-0.3, -0.25) is 0 Å². The van der Waals surface area contributed by atoms with Gasteiger partial charge < -0.3 is 15.2 Å². The van der Waals surface area contributed by atoms with Gasteiger partial charge in [0.15, 0.2) is 0 Å². The van der Waals surface area contributed by atoms with Gasteiger partial charge in [0.2, 0.25) is 5.88 Å². The van der Waals surface area contributed by atoms with E-state index in [0.717, 1.165) is 28.0 Å². The van der Waals surface area contributed by atoms with Gasteiger partial charge in [-0.15, -0.1) is 12.4 Å². The van der Waals surface area contributed by atoms with Crippen LogP contribution in [0.3, 0.4) is 0 Å². The van der Waals surface area contributed by atoms with Crippen molar-refractivity contribution in [2.75, 3.05) is 7.11 Å². The maximum Gasteiger partial charge on any atom is 0.213 e. The lowest BCUT2D eigenvalue weighted by molar-refractivity contribution is 0.294. The molecule has 0 aliphatic carbocycles. The Morgan fingerprint density at radius 3 is 2.40 bits per heavy atom. The molecule has 0 amide bonds. The van der Waals surface area contributed by atoms with E-state index in [1.54, 1.807) is 13.3 Å². The molecular formula is C20H21ClN2O2. The second kappa shape index (κ2) is 9.06. The topological polar surface area (TPSA) is 57.4 Å². The Morgan fingerprint density at radius 2 is 1.76 bits per heavy atom. The molecule has 0 fully saturated rings. The van der Waals surface area contributed by atoms with Crippen LogP contribution in [0.15, 0.2) is 66.9 Å². The number of rotatable bonds is 6. The minimum absolute atomic E-state index is 0. The number of nitrogens with two attached hydrogens (primary N) is 1. The Morgan fingerprint density at radius 1 is 0.960 bits per heavy atom. The largest absolute Gasteiger partial charge is 0.496 e. The van der Waals surface area contributed by atoms with Crippen LogP contribution in [0.2, 0.25) is 0 Å². The van der Waals surface area contributed by atoms with Crippen molar-refractivity contribution in [3.63, 3.8) is 0 Å². The van der Waals surface area contributed by atoms with Crippen LogP contribution in [0.25, 0.3) is 11.1 Å². The summed E-state index contributed by atoms with van der Waals surface area (Å²) in [6, 6.07) is 19.8. The molecule has 3 rings (SSSR count). The van der Waals surface area contributed by atoms with Crippen LogP contribution < -0.4 is 15.2 Å². The van der Waals surface area contributed by atoms with Gasteiger partial charge in [0, 0.05) is 29.9 Å². The molecule has 0 radical (unpaired) electrons. The molecule has 2 N–H and O–H groups in total. The summed E-state index contributed by atoms with van der Waals surface area (Å²) in [5.41, 5.74) is 9.84. The molecule has 1 heterocycles. The summed E-state index contributed by atoms with van der Waals surface area (Å²) >= 11 is 0. The lowest BCUT2D eigenvalue weighted by Crippen LogP contribution is -1.99. The maximum absolute atomic E-state index is 5.73. The number of methoxy groups -OCH3 is 1. The van der Waals surface area contributed by atoms with Crippen LogP contribution in [-0.2, 0) is 13.2 Å². The zero-order chi connectivity index (χ0) is 16.8. The normalized spacial score (nSPS) is 10.0. The molecule has 0 bridgehead atoms. The van der Waals surface area contributed by atoms with Crippen molar-refractivity contribution in [2.45, 2.75) is 13.2 Å². The first-order valence-corrected chi connectivity index (χ1v) is 7.80. The number of aromatic nitrogens is 1. The number of hydrogen-bond acceptors (Lipinski definition) is 4. The molecule has 130 valence electrons. The lowest BCUT2D eigenvalue weighted by Gasteiger charge is -2.11. The molecule has 0 unspecified atom stereocenters. The Bertz CT molecular complexity index is 793. The van der Waals surface area contributed by atoms with E-state index in [-0.39, 0.29) is 12.4 Å². The highest BCUT2D eigenvalue weighted by atomic mass is 35.5. The van der Waals surface area contributed by atoms with Gasteiger partial charge in [0.1, 0.15) is 12.4 Å². The van der Waals surface area contributed by atoms with Gasteiger partial charge in [-0.1, -0.05) is 36.4 Å².